The van der Waals surface area contributed by atoms with Crippen LogP contribution in [0.1, 0.15) is 30.3 Å². The van der Waals surface area contributed by atoms with Crippen molar-refractivity contribution < 1.29 is 18.0 Å². The normalized spacial score (nSPS) is 11.7. The fourth-order valence-corrected chi connectivity index (χ4v) is 2.13. The molecular weight excluding hydrogens is 311 g/mol. The van der Waals surface area contributed by atoms with Crippen LogP contribution in [0.4, 0.5) is 13.2 Å². The second kappa shape index (κ2) is 6.80. The number of aryl methyl sites for hydroxylation is 1. The lowest BCUT2D eigenvalue weighted by Crippen LogP contribution is -2.36. The van der Waals surface area contributed by atoms with E-state index in [1.165, 1.54) is 12.1 Å². The number of aromatic nitrogens is 2. The third-order valence-electron chi connectivity index (χ3n) is 3.26. The maximum atomic E-state index is 12.3. The van der Waals surface area contributed by atoms with E-state index in [1.807, 2.05) is 6.92 Å². The van der Waals surface area contributed by atoms with Gasteiger partial charge in [-0.05, 0) is 12.5 Å². The van der Waals surface area contributed by atoms with Gasteiger partial charge in [-0.25, -0.2) is 4.68 Å². The third-order valence-corrected chi connectivity index (χ3v) is 3.26. The van der Waals surface area contributed by atoms with Gasteiger partial charge in [0.25, 0.3) is 11.5 Å². The molecule has 23 heavy (non-hydrogen) atoms. The Morgan fingerprint density at radius 1 is 1.26 bits per heavy atom. The number of nitrogens with zero attached hydrogens (tertiary/aromatic N) is 2. The minimum absolute atomic E-state index is 0.180. The molecule has 1 aromatic carbocycles. The fourth-order valence-electron chi connectivity index (χ4n) is 2.13. The minimum Gasteiger partial charge on any atom is -0.342 e. The van der Waals surface area contributed by atoms with Crippen LogP contribution in [0.5, 0.6) is 0 Å². The standard InChI is InChI=1S/C15H16F3N3O2/c1-2-3-8-21-14(23)11-7-5-4-6-10(11)12(20-21)13(22)19-9-15(16,17)18/h4-7H,2-3,8-9H2,1H3,(H,19,22). The number of carbonyl (C=O) groups is 1. The first kappa shape index (κ1) is 17.0. The summed E-state index contributed by atoms with van der Waals surface area (Å²) < 4.78 is 37.9. The molecule has 0 aliphatic carbocycles. The molecule has 0 fully saturated rings. The van der Waals surface area contributed by atoms with Crippen LogP contribution in [0, 0.1) is 0 Å². The summed E-state index contributed by atoms with van der Waals surface area (Å²) in [6.07, 6.45) is -3.02. The summed E-state index contributed by atoms with van der Waals surface area (Å²) in [5.74, 6) is -0.955. The first-order chi connectivity index (χ1) is 10.8. The molecule has 0 radical (unpaired) electrons. The van der Waals surface area contributed by atoms with E-state index < -0.39 is 18.6 Å². The predicted molar refractivity (Wildman–Crippen MR) is 79.3 cm³/mol. The number of nitrogens with one attached hydrogen (secondary N) is 1. The number of amides is 1. The van der Waals surface area contributed by atoms with Crippen molar-refractivity contribution in [2.45, 2.75) is 32.5 Å². The third kappa shape index (κ3) is 4.08. The van der Waals surface area contributed by atoms with Crippen LogP contribution in [-0.2, 0) is 6.54 Å². The molecule has 5 nitrogen and oxygen atoms in total. The number of alkyl halides is 3. The molecule has 124 valence electrons. The van der Waals surface area contributed by atoms with Crippen molar-refractivity contribution in [3.05, 3.63) is 40.3 Å². The van der Waals surface area contributed by atoms with Crippen molar-refractivity contribution in [1.82, 2.24) is 15.1 Å². The van der Waals surface area contributed by atoms with Gasteiger partial charge in [0.05, 0.1) is 5.39 Å². The first-order valence-electron chi connectivity index (χ1n) is 7.18. The van der Waals surface area contributed by atoms with E-state index in [9.17, 15) is 22.8 Å². The van der Waals surface area contributed by atoms with Crippen molar-refractivity contribution in [1.29, 1.82) is 0 Å². The summed E-state index contributed by atoms with van der Waals surface area (Å²) in [4.78, 5) is 24.4. The van der Waals surface area contributed by atoms with Gasteiger partial charge in [0.1, 0.15) is 6.54 Å². The number of carbonyl (C=O) groups excluding carboxylic acids is 1. The molecule has 0 atom stereocenters. The van der Waals surface area contributed by atoms with Crippen molar-refractivity contribution >= 4 is 16.7 Å². The number of rotatable bonds is 5. The number of benzene rings is 1. The van der Waals surface area contributed by atoms with Gasteiger partial charge in [-0.3, -0.25) is 9.59 Å². The molecule has 0 saturated heterocycles. The van der Waals surface area contributed by atoms with Gasteiger partial charge in [-0.15, -0.1) is 0 Å². The minimum atomic E-state index is -4.51. The van der Waals surface area contributed by atoms with Gasteiger partial charge in [0, 0.05) is 11.9 Å². The van der Waals surface area contributed by atoms with Crippen LogP contribution in [0.25, 0.3) is 10.8 Å². The molecule has 0 saturated carbocycles. The maximum Gasteiger partial charge on any atom is 0.405 e. The van der Waals surface area contributed by atoms with Crippen LogP contribution in [0.3, 0.4) is 0 Å². The van der Waals surface area contributed by atoms with Crippen molar-refractivity contribution in [3.63, 3.8) is 0 Å². The lowest BCUT2D eigenvalue weighted by atomic mass is 10.1. The summed E-state index contributed by atoms with van der Waals surface area (Å²) in [7, 11) is 0. The fraction of sp³-hybridized carbons (Fsp3) is 0.400. The van der Waals surface area contributed by atoms with Gasteiger partial charge in [0.2, 0.25) is 0 Å². The first-order valence-corrected chi connectivity index (χ1v) is 7.18. The Morgan fingerprint density at radius 2 is 1.91 bits per heavy atom. The Balaban J connectivity index is 2.47. The summed E-state index contributed by atoms with van der Waals surface area (Å²) in [5.41, 5.74) is -0.540. The van der Waals surface area contributed by atoms with E-state index in [0.29, 0.717) is 13.0 Å². The monoisotopic (exact) mass is 327 g/mol. The molecule has 1 N–H and O–H groups in total. The van der Waals surface area contributed by atoms with E-state index in [0.717, 1.165) is 11.1 Å². The average Bonchev–Trinajstić information content (AvgIpc) is 2.51. The topological polar surface area (TPSA) is 64.0 Å². The molecular formula is C15H16F3N3O2. The van der Waals surface area contributed by atoms with E-state index in [2.05, 4.69) is 5.10 Å². The zero-order valence-electron chi connectivity index (χ0n) is 12.5. The Bertz CT molecular complexity index is 769. The summed E-state index contributed by atoms with van der Waals surface area (Å²) in [6.45, 7) is 0.790. The van der Waals surface area contributed by atoms with E-state index in [-0.39, 0.29) is 22.0 Å². The predicted octanol–water partition coefficient (Wildman–Crippen LogP) is 2.49. The van der Waals surface area contributed by atoms with E-state index in [4.69, 9.17) is 0 Å². The highest BCUT2D eigenvalue weighted by Crippen LogP contribution is 2.15. The lowest BCUT2D eigenvalue weighted by Gasteiger charge is -2.12. The highest BCUT2D eigenvalue weighted by atomic mass is 19.4. The Hall–Kier alpha value is -2.38. The lowest BCUT2D eigenvalue weighted by molar-refractivity contribution is -0.123. The number of halogens is 3. The molecule has 0 aliphatic heterocycles. The molecule has 0 aliphatic rings. The van der Waals surface area contributed by atoms with Crippen molar-refractivity contribution in [3.8, 4) is 0 Å². The molecule has 1 aromatic heterocycles. The maximum absolute atomic E-state index is 12.3. The van der Waals surface area contributed by atoms with Gasteiger partial charge in [0.15, 0.2) is 5.69 Å². The summed E-state index contributed by atoms with van der Waals surface area (Å²) >= 11 is 0. The molecule has 2 aromatic rings. The molecule has 1 heterocycles. The van der Waals surface area contributed by atoms with Crippen LogP contribution < -0.4 is 10.9 Å². The zero-order chi connectivity index (χ0) is 17.0. The number of hydrogen-bond donors (Lipinski definition) is 1. The van der Waals surface area contributed by atoms with Crippen LogP contribution in [0.2, 0.25) is 0 Å². The van der Waals surface area contributed by atoms with Crippen LogP contribution in [-0.4, -0.2) is 28.4 Å². The van der Waals surface area contributed by atoms with Crippen molar-refractivity contribution in [2.24, 2.45) is 0 Å². The molecule has 0 bridgehead atoms. The van der Waals surface area contributed by atoms with Crippen molar-refractivity contribution in [2.75, 3.05) is 6.54 Å². The number of unbranched alkanes of at least 4 members (excludes halogenated alkanes) is 1. The van der Waals surface area contributed by atoms with Crippen LogP contribution in [0.15, 0.2) is 29.1 Å². The Labute approximate surface area is 130 Å². The molecule has 0 unspecified atom stereocenters. The van der Waals surface area contributed by atoms with E-state index >= 15 is 0 Å². The highest BCUT2D eigenvalue weighted by Gasteiger charge is 2.28. The van der Waals surface area contributed by atoms with Gasteiger partial charge in [-0.2, -0.15) is 18.3 Å². The molecule has 1 amide bonds. The summed E-state index contributed by atoms with van der Waals surface area (Å²) in [5, 5.41) is 6.26. The molecule has 2 rings (SSSR count). The highest BCUT2D eigenvalue weighted by molar-refractivity contribution is 6.04. The quantitative estimate of drug-likeness (QED) is 0.918. The summed E-state index contributed by atoms with van der Waals surface area (Å²) in [6, 6.07) is 6.25. The number of hydrogen-bond acceptors (Lipinski definition) is 3. The SMILES string of the molecule is CCCCn1nc(C(=O)NCC(F)(F)F)c2ccccc2c1=O. The van der Waals surface area contributed by atoms with E-state index in [1.54, 1.807) is 17.4 Å². The van der Waals surface area contributed by atoms with Gasteiger partial charge in [-0.1, -0.05) is 31.5 Å². The zero-order valence-corrected chi connectivity index (χ0v) is 12.5. The second-order valence-electron chi connectivity index (χ2n) is 5.07. The van der Waals surface area contributed by atoms with Crippen LogP contribution >= 0.6 is 0 Å². The smallest absolute Gasteiger partial charge is 0.342 e. The van der Waals surface area contributed by atoms with Gasteiger partial charge >= 0.3 is 6.18 Å². The Morgan fingerprint density at radius 3 is 2.52 bits per heavy atom. The molecule has 8 heteroatoms. The second-order valence-corrected chi connectivity index (χ2v) is 5.07. The Kier molecular flexibility index (Phi) is 5.02. The average molecular weight is 327 g/mol. The van der Waals surface area contributed by atoms with Gasteiger partial charge < -0.3 is 5.32 Å². The molecule has 0 spiro atoms. The number of fused-ring (bicyclic) bond motifs is 1. The largest absolute Gasteiger partial charge is 0.405 e.